The van der Waals surface area contributed by atoms with E-state index >= 15 is 0 Å². The second kappa shape index (κ2) is 7.44. The van der Waals surface area contributed by atoms with Gasteiger partial charge in [-0.1, -0.05) is 30.3 Å². The van der Waals surface area contributed by atoms with Gasteiger partial charge in [0.05, 0.1) is 12.4 Å². The number of carbonyl (C=O) groups excluding carboxylic acids is 1. The van der Waals surface area contributed by atoms with Gasteiger partial charge in [-0.05, 0) is 35.4 Å². The zero-order valence-electron chi connectivity index (χ0n) is 11.1. The molecule has 0 saturated heterocycles. The van der Waals surface area contributed by atoms with Crippen LogP contribution >= 0.6 is 0 Å². The molecule has 0 fully saturated rings. The molecule has 106 valence electrons. The lowest BCUT2D eigenvalue weighted by Crippen LogP contribution is -2.28. The number of hydrogen-bond acceptors (Lipinski definition) is 4. The highest BCUT2D eigenvalue weighted by atomic mass is 16.3. The number of hydrazone groups is 2. The summed E-state index contributed by atoms with van der Waals surface area (Å²) in [5.41, 5.74) is 6.20. The van der Waals surface area contributed by atoms with E-state index in [-0.39, 0.29) is 5.75 Å². The first-order chi connectivity index (χ1) is 10.2. The zero-order chi connectivity index (χ0) is 14.9. The Kier molecular flexibility index (Phi) is 5.05. The van der Waals surface area contributed by atoms with E-state index in [0.29, 0.717) is 0 Å². The van der Waals surface area contributed by atoms with Gasteiger partial charge in [0.2, 0.25) is 0 Å². The number of benzene rings is 2. The van der Waals surface area contributed by atoms with Crippen LogP contribution in [0.3, 0.4) is 0 Å². The van der Waals surface area contributed by atoms with Crippen LogP contribution in [0.4, 0.5) is 4.79 Å². The van der Waals surface area contributed by atoms with E-state index in [0.717, 1.165) is 11.1 Å². The number of nitrogens with zero attached hydrogens (tertiary/aromatic N) is 2. The molecule has 2 amide bonds. The Morgan fingerprint density at radius 3 is 1.95 bits per heavy atom. The fourth-order valence-electron chi connectivity index (χ4n) is 1.46. The van der Waals surface area contributed by atoms with Crippen molar-refractivity contribution in [1.29, 1.82) is 0 Å². The number of hydrogen-bond donors (Lipinski definition) is 3. The summed E-state index contributed by atoms with van der Waals surface area (Å²) in [5.74, 6) is 0.174. The normalized spacial score (nSPS) is 10.9. The van der Waals surface area contributed by atoms with E-state index in [1.54, 1.807) is 12.1 Å². The molecule has 2 aromatic rings. The summed E-state index contributed by atoms with van der Waals surface area (Å²) in [7, 11) is 0. The molecule has 0 radical (unpaired) electrons. The molecule has 0 saturated carbocycles. The second-order valence-electron chi connectivity index (χ2n) is 4.07. The van der Waals surface area contributed by atoms with Gasteiger partial charge >= 0.3 is 6.03 Å². The van der Waals surface area contributed by atoms with Crippen LogP contribution in [0.2, 0.25) is 0 Å². The van der Waals surface area contributed by atoms with Crippen molar-refractivity contribution in [2.24, 2.45) is 10.2 Å². The van der Waals surface area contributed by atoms with Crippen LogP contribution in [-0.2, 0) is 0 Å². The Balaban J connectivity index is 1.77. The van der Waals surface area contributed by atoms with Gasteiger partial charge in [0, 0.05) is 0 Å². The summed E-state index contributed by atoms with van der Waals surface area (Å²) in [6.45, 7) is 0. The first-order valence-electron chi connectivity index (χ1n) is 6.20. The van der Waals surface area contributed by atoms with Crippen LogP contribution in [0.5, 0.6) is 5.75 Å². The minimum absolute atomic E-state index is 0.174. The van der Waals surface area contributed by atoms with Crippen LogP contribution in [0.25, 0.3) is 0 Å². The van der Waals surface area contributed by atoms with E-state index in [1.165, 1.54) is 24.6 Å². The maximum atomic E-state index is 11.4. The van der Waals surface area contributed by atoms with Gasteiger partial charge in [0.1, 0.15) is 5.75 Å². The highest BCUT2D eigenvalue weighted by Crippen LogP contribution is 2.07. The fourth-order valence-corrected chi connectivity index (χ4v) is 1.46. The largest absolute Gasteiger partial charge is 0.508 e. The molecule has 0 unspecified atom stereocenters. The molecule has 0 aliphatic carbocycles. The third-order valence-corrected chi connectivity index (χ3v) is 2.45. The van der Waals surface area contributed by atoms with Crippen molar-refractivity contribution in [3.05, 3.63) is 65.7 Å². The smallest absolute Gasteiger partial charge is 0.355 e. The monoisotopic (exact) mass is 282 g/mol. The molecule has 0 heterocycles. The number of phenolic OH excluding ortho intramolecular Hbond substituents is 1. The van der Waals surface area contributed by atoms with Gasteiger partial charge in [-0.25, -0.2) is 15.6 Å². The van der Waals surface area contributed by atoms with Crippen molar-refractivity contribution in [3.8, 4) is 5.75 Å². The number of phenols is 1. The van der Waals surface area contributed by atoms with Crippen molar-refractivity contribution in [2.45, 2.75) is 0 Å². The van der Waals surface area contributed by atoms with Gasteiger partial charge in [0.15, 0.2) is 0 Å². The second-order valence-corrected chi connectivity index (χ2v) is 4.07. The third-order valence-electron chi connectivity index (χ3n) is 2.45. The van der Waals surface area contributed by atoms with Gasteiger partial charge in [0.25, 0.3) is 0 Å². The minimum Gasteiger partial charge on any atom is -0.508 e. The van der Waals surface area contributed by atoms with Crippen LogP contribution in [-0.4, -0.2) is 23.6 Å². The zero-order valence-corrected chi connectivity index (χ0v) is 11.1. The molecule has 0 spiro atoms. The predicted octanol–water partition coefficient (Wildman–Crippen LogP) is 2.06. The maximum Gasteiger partial charge on any atom is 0.355 e. The molecule has 6 heteroatoms. The first kappa shape index (κ1) is 14.3. The molecule has 0 atom stereocenters. The van der Waals surface area contributed by atoms with Gasteiger partial charge in [-0.15, -0.1) is 0 Å². The van der Waals surface area contributed by atoms with Gasteiger partial charge in [-0.3, -0.25) is 0 Å². The van der Waals surface area contributed by atoms with E-state index in [9.17, 15) is 4.79 Å². The number of carbonyl (C=O) groups is 1. The molecule has 0 aliphatic rings. The van der Waals surface area contributed by atoms with E-state index < -0.39 is 6.03 Å². The molecule has 21 heavy (non-hydrogen) atoms. The lowest BCUT2D eigenvalue weighted by atomic mass is 10.2. The summed E-state index contributed by atoms with van der Waals surface area (Å²) in [6, 6.07) is 15.3. The molecule has 0 bridgehead atoms. The fraction of sp³-hybridized carbons (Fsp3) is 0. The molecule has 0 aliphatic heterocycles. The highest BCUT2D eigenvalue weighted by molar-refractivity contribution is 5.83. The number of amides is 2. The first-order valence-corrected chi connectivity index (χ1v) is 6.20. The van der Waals surface area contributed by atoms with Crippen LogP contribution < -0.4 is 10.9 Å². The van der Waals surface area contributed by atoms with Crippen LogP contribution in [0.1, 0.15) is 11.1 Å². The quantitative estimate of drug-likeness (QED) is 0.592. The Hall–Kier alpha value is -3.15. The Morgan fingerprint density at radius 2 is 1.38 bits per heavy atom. The summed E-state index contributed by atoms with van der Waals surface area (Å²) in [4.78, 5) is 11.4. The number of rotatable bonds is 4. The number of nitrogens with one attached hydrogen (secondary N) is 2. The molecule has 0 aromatic heterocycles. The highest BCUT2D eigenvalue weighted by Gasteiger charge is 1.94. The van der Waals surface area contributed by atoms with Crippen molar-refractivity contribution < 1.29 is 9.90 Å². The average molecular weight is 282 g/mol. The summed E-state index contributed by atoms with van der Waals surface area (Å²) in [5, 5.41) is 16.7. The van der Waals surface area contributed by atoms with Gasteiger partial charge in [-0.2, -0.15) is 10.2 Å². The van der Waals surface area contributed by atoms with E-state index in [4.69, 9.17) is 5.11 Å². The maximum absolute atomic E-state index is 11.4. The summed E-state index contributed by atoms with van der Waals surface area (Å²) >= 11 is 0. The van der Waals surface area contributed by atoms with Crippen molar-refractivity contribution in [2.75, 3.05) is 0 Å². The van der Waals surface area contributed by atoms with Crippen molar-refractivity contribution in [1.82, 2.24) is 10.9 Å². The Morgan fingerprint density at radius 1 is 0.857 bits per heavy atom. The molecule has 2 rings (SSSR count). The lowest BCUT2D eigenvalue weighted by Gasteiger charge is -1.98. The SMILES string of the molecule is O=C(N/N=C/c1ccccc1)N/N=C/c1ccc(O)cc1. The summed E-state index contributed by atoms with van der Waals surface area (Å²) < 4.78 is 0. The standard InChI is InChI=1S/C15H14N4O2/c20-14-8-6-13(7-9-14)11-17-19-15(21)18-16-10-12-4-2-1-3-5-12/h1-11,20H,(H2,18,19,21)/b16-10+,17-11+. The lowest BCUT2D eigenvalue weighted by molar-refractivity contribution is 0.242. The predicted molar refractivity (Wildman–Crippen MR) is 81.4 cm³/mol. The van der Waals surface area contributed by atoms with Crippen molar-refractivity contribution >= 4 is 18.5 Å². The van der Waals surface area contributed by atoms with E-state index in [1.807, 2.05) is 30.3 Å². The Bertz CT molecular complexity index is 636. The van der Waals surface area contributed by atoms with Gasteiger partial charge < -0.3 is 5.11 Å². The number of aromatic hydroxyl groups is 1. The van der Waals surface area contributed by atoms with Crippen molar-refractivity contribution in [3.63, 3.8) is 0 Å². The summed E-state index contributed by atoms with van der Waals surface area (Å²) in [6.07, 6.45) is 2.99. The molecule has 3 N–H and O–H groups in total. The topological polar surface area (TPSA) is 86.1 Å². The molecular formula is C15H14N4O2. The molecule has 2 aromatic carbocycles. The van der Waals surface area contributed by atoms with Crippen LogP contribution in [0, 0.1) is 0 Å². The molecule has 6 nitrogen and oxygen atoms in total. The molecular weight excluding hydrogens is 268 g/mol. The third kappa shape index (κ3) is 5.15. The Labute approximate surface area is 121 Å². The van der Waals surface area contributed by atoms with Crippen LogP contribution in [0.15, 0.2) is 64.8 Å². The average Bonchev–Trinajstić information content (AvgIpc) is 2.50. The van der Waals surface area contributed by atoms with E-state index in [2.05, 4.69) is 21.1 Å². The number of urea groups is 1. The minimum atomic E-state index is -0.544.